The standard InChI is InChI=1S/C16H13ClN2O4S/c1-9(20)19-16(14-4-3-7-24-14)23-15(18-19)12-8-11(17)5-6-13(12)22-10(2)21/h3-8,16H,1-2H3/t16-/m1/s1. The molecule has 0 spiro atoms. The van der Waals surface area contributed by atoms with Gasteiger partial charge in [0.2, 0.25) is 18.0 Å². The molecule has 1 aromatic heterocycles. The lowest BCUT2D eigenvalue weighted by Crippen LogP contribution is -2.24. The Hall–Kier alpha value is -2.38. The van der Waals surface area contributed by atoms with Crippen LogP contribution in [0.2, 0.25) is 5.02 Å². The molecule has 3 rings (SSSR count). The number of hydrogen-bond acceptors (Lipinski definition) is 6. The lowest BCUT2D eigenvalue weighted by Gasteiger charge is -2.17. The summed E-state index contributed by atoms with van der Waals surface area (Å²) in [5.74, 6) is -0.307. The third-order valence-electron chi connectivity index (χ3n) is 3.18. The molecular weight excluding hydrogens is 352 g/mol. The Morgan fingerprint density at radius 2 is 2.12 bits per heavy atom. The molecule has 124 valence electrons. The fourth-order valence-electron chi connectivity index (χ4n) is 2.21. The summed E-state index contributed by atoms with van der Waals surface area (Å²) in [6.45, 7) is 2.70. The number of rotatable bonds is 3. The van der Waals surface area contributed by atoms with Crippen molar-refractivity contribution in [3.05, 3.63) is 51.2 Å². The summed E-state index contributed by atoms with van der Waals surface area (Å²) in [7, 11) is 0. The molecule has 24 heavy (non-hydrogen) atoms. The van der Waals surface area contributed by atoms with Crippen molar-refractivity contribution < 1.29 is 19.1 Å². The zero-order valence-corrected chi connectivity index (χ0v) is 14.4. The van der Waals surface area contributed by atoms with Crippen LogP contribution >= 0.6 is 22.9 Å². The highest BCUT2D eigenvalue weighted by Gasteiger charge is 2.35. The van der Waals surface area contributed by atoms with Gasteiger partial charge in [-0.25, -0.2) is 0 Å². The molecule has 0 saturated heterocycles. The quantitative estimate of drug-likeness (QED) is 0.616. The van der Waals surface area contributed by atoms with E-state index in [1.807, 2.05) is 17.5 Å². The SMILES string of the molecule is CC(=O)Oc1ccc(Cl)cc1C1=NN(C(C)=O)[C@@H](c2cccs2)O1. The van der Waals surface area contributed by atoms with Crippen LogP contribution in [-0.4, -0.2) is 22.8 Å². The molecule has 0 N–H and O–H groups in total. The summed E-state index contributed by atoms with van der Waals surface area (Å²) in [5, 5.41) is 7.81. The fourth-order valence-corrected chi connectivity index (χ4v) is 3.11. The van der Waals surface area contributed by atoms with E-state index in [-0.39, 0.29) is 17.6 Å². The predicted molar refractivity (Wildman–Crippen MR) is 90.0 cm³/mol. The highest BCUT2D eigenvalue weighted by molar-refractivity contribution is 7.10. The minimum Gasteiger partial charge on any atom is -0.445 e. The van der Waals surface area contributed by atoms with Gasteiger partial charge in [0.05, 0.1) is 10.4 Å². The first kappa shape index (κ1) is 16.5. The van der Waals surface area contributed by atoms with Crippen LogP contribution in [0, 0.1) is 0 Å². The topological polar surface area (TPSA) is 68.2 Å². The van der Waals surface area contributed by atoms with E-state index < -0.39 is 12.2 Å². The average molecular weight is 365 g/mol. The molecule has 1 aliphatic heterocycles. The number of carbonyl (C=O) groups is 2. The van der Waals surface area contributed by atoms with Gasteiger partial charge in [0, 0.05) is 18.9 Å². The molecule has 8 heteroatoms. The van der Waals surface area contributed by atoms with Gasteiger partial charge in [-0.1, -0.05) is 17.7 Å². The van der Waals surface area contributed by atoms with Gasteiger partial charge in [-0.05, 0) is 29.6 Å². The summed E-state index contributed by atoms with van der Waals surface area (Å²) < 4.78 is 11.0. The zero-order chi connectivity index (χ0) is 17.3. The molecule has 0 aliphatic carbocycles. The van der Waals surface area contributed by atoms with Gasteiger partial charge in [-0.2, -0.15) is 5.01 Å². The number of hydrogen-bond donors (Lipinski definition) is 0. The predicted octanol–water partition coefficient (Wildman–Crippen LogP) is 3.57. The van der Waals surface area contributed by atoms with Crippen molar-refractivity contribution in [2.45, 2.75) is 20.1 Å². The first-order chi connectivity index (χ1) is 11.5. The van der Waals surface area contributed by atoms with Gasteiger partial charge in [0.1, 0.15) is 5.75 Å². The van der Waals surface area contributed by atoms with E-state index in [4.69, 9.17) is 21.1 Å². The smallest absolute Gasteiger partial charge is 0.308 e. The number of hydrazone groups is 1. The minimum absolute atomic E-state index is 0.169. The number of benzene rings is 1. The molecule has 6 nitrogen and oxygen atoms in total. The average Bonchev–Trinajstić information content (AvgIpc) is 3.16. The van der Waals surface area contributed by atoms with Gasteiger partial charge >= 0.3 is 5.97 Å². The van der Waals surface area contributed by atoms with Crippen molar-refractivity contribution in [2.24, 2.45) is 5.10 Å². The first-order valence-corrected chi connectivity index (χ1v) is 8.28. The second-order valence-corrected chi connectivity index (χ2v) is 6.40. The van der Waals surface area contributed by atoms with E-state index in [9.17, 15) is 9.59 Å². The van der Waals surface area contributed by atoms with Crippen molar-refractivity contribution in [2.75, 3.05) is 0 Å². The summed E-state index contributed by atoms with van der Waals surface area (Å²) in [6, 6.07) is 8.45. The van der Waals surface area contributed by atoms with E-state index in [1.54, 1.807) is 18.2 Å². The largest absolute Gasteiger partial charge is 0.445 e. The maximum absolute atomic E-state index is 11.9. The molecule has 1 amide bonds. The number of amides is 1. The number of carbonyl (C=O) groups excluding carboxylic acids is 2. The van der Waals surface area contributed by atoms with Crippen LogP contribution < -0.4 is 4.74 Å². The van der Waals surface area contributed by atoms with Crippen molar-refractivity contribution >= 4 is 40.7 Å². The molecule has 0 saturated carbocycles. The van der Waals surface area contributed by atoms with Gasteiger partial charge < -0.3 is 9.47 Å². The van der Waals surface area contributed by atoms with Gasteiger partial charge in [-0.15, -0.1) is 16.4 Å². The summed E-state index contributed by atoms with van der Waals surface area (Å²) in [4.78, 5) is 24.0. The highest BCUT2D eigenvalue weighted by atomic mass is 35.5. The van der Waals surface area contributed by atoms with Crippen molar-refractivity contribution in [3.8, 4) is 5.75 Å². The first-order valence-electron chi connectivity index (χ1n) is 7.02. The summed E-state index contributed by atoms with van der Waals surface area (Å²) in [6.07, 6.45) is -0.651. The Morgan fingerprint density at radius 3 is 2.75 bits per heavy atom. The van der Waals surface area contributed by atoms with E-state index in [1.165, 1.54) is 30.2 Å². The molecule has 0 bridgehead atoms. The second kappa shape index (κ2) is 6.62. The van der Waals surface area contributed by atoms with Crippen LogP contribution in [0.4, 0.5) is 0 Å². The molecule has 0 radical (unpaired) electrons. The van der Waals surface area contributed by atoms with E-state index >= 15 is 0 Å². The Morgan fingerprint density at radius 1 is 1.33 bits per heavy atom. The van der Waals surface area contributed by atoms with Gasteiger partial charge in [0.25, 0.3) is 0 Å². The van der Waals surface area contributed by atoms with Crippen molar-refractivity contribution in [1.82, 2.24) is 5.01 Å². The van der Waals surface area contributed by atoms with Crippen LogP contribution in [-0.2, 0) is 14.3 Å². The Kier molecular flexibility index (Phi) is 4.55. The summed E-state index contributed by atoms with van der Waals surface area (Å²) >= 11 is 7.49. The third-order valence-corrected chi connectivity index (χ3v) is 4.32. The number of thiophene rings is 1. The van der Waals surface area contributed by atoms with Crippen molar-refractivity contribution in [1.29, 1.82) is 0 Å². The molecule has 1 aliphatic rings. The van der Waals surface area contributed by atoms with Crippen LogP contribution in [0.25, 0.3) is 0 Å². The molecule has 2 aromatic rings. The number of esters is 1. The van der Waals surface area contributed by atoms with Crippen LogP contribution in [0.5, 0.6) is 5.75 Å². The molecule has 0 fully saturated rings. The van der Waals surface area contributed by atoms with Crippen molar-refractivity contribution in [3.63, 3.8) is 0 Å². The maximum atomic E-state index is 11.9. The van der Waals surface area contributed by atoms with Crippen LogP contribution in [0.3, 0.4) is 0 Å². The van der Waals surface area contributed by atoms with Gasteiger partial charge in [0.15, 0.2) is 0 Å². The minimum atomic E-state index is -0.651. The molecule has 1 aromatic carbocycles. The number of ether oxygens (including phenoxy) is 2. The molecule has 1 atom stereocenters. The highest BCUT2D eigenvalue weighted by Crippen LogP contribution is 2.35. The molecule has 0 unspecified atom stereocenters. The monoisotopic (exact) mass is 364 g/mol. The normalized spacial score (nSPS) is 16.5. The Bertz CT molecular complexity index is 819. The van der Waals surface area contributed by atoms with E-state index in [0.29, 0.717) is 10.6 Å². The Balaban J connectivity index is 2.00. The molecule has 2 heterocycles. The fraction of sp³-hybridized carbons (Fsp3) is 0.188. The summed E-state index contributed by atoms with van der Waals surface area (Å²) in [5.41, 5.74) is 0.406. The Labute approximate surface area is 147 Å². The third kappa shape index (κ3) is 3.27. The molecular formula is C16H13ClN2O4S. The maximum Gasteiger partial charge on any atom is 0.308 e. The van der Waals surface area contributed by atoms with Crippen LogP contribution in [0.1, 0.15) is 30.5 Å². The van der Waals surface area contributed by atoms with Gasteiger partial charge in [-0.3, -0.25) is 9.59 Å². The lowest BCUT2D eigenvalue weighted by molar-refractivity contribution is -0.135. The zero-order valence-electron chi connectivity index (χ0n) is 12.9. The van der Waals surface area contributed by atoms with E-state index in [0.717, 1.165) is 4.88 Å². The van der Waals surface area contributed by atoms with E-state index in [2.05, 4.69) is 5.10 Å². The second-order valence-electron chi connectivity index (χ2n) is 4.99. The number of nitrogens with zero attached hydrogens (tertiary/aromatic N) is 2. The number of halogens is 1. The van der Waals surface area contributed by atoms with Crippen LogP contribution in [0.15, 0.2) is 40.8 Å². The lowest BCUT2D eigenvalue weighted by atomic mass is 10.2.